The highest BCUT2D eigenvalue weighted by molar-refractivity contribution is 6.30. The minimum absolute atomic E-state index is 0.0380. The topological polar surface area (TPSA) is 67.5 Å². The van der Waals surface area contributed by atoms with Crippen LogP contribution in [0.1, 0.15) is 10.5 Å². The lowest BCUT2D eigenvalue weighted by Gasteiger charge is -2.11. The van der Waals surface area contributed by atoms with Crippen LogP contribution in [0.25, 0.3) is 28.0 Å². The number of rotatable bonds is 3. The number of aromatic nitrogens is 3. The highest BCUT2D eigenvalue weighted by Crippen LogP contribution is 2.32. The monoisotopic (exact) mass is 349 g/mol. The van der Waals surface area contributed by atoms with Gasteiger partial charge in [0.1, 0.15) is 0 Å². The maximum Gasteiger partial charge on any atom is 0.356 e. The highest BCUT2D eigenvalue weighted by atomic mass is 35.5. The van der Waals surface area contributed by atoms with Gasteiger partial charge >= 0.3 is 5.97 Å². The molecule has 0 atom stereocenters. The lowest BCUT2D eigenvalue weighted by atomic mass is 9.97. The van der Waals surface area contributed by atoms with Gasteiger partial charge in [0.25, 0.3) is 0 Å². The molecule has 2 aromatic heterocycles. The Kier molecular flexibility index (Phi) is 3.71. The van der Waals surface area contributed by atoms with Gasteiger partial charge in [-0.25, -0.2) is 14.3 Å². The molecule has 0 spiro atoms. The van der Waals surface area contributed by atoms with Crippen LogP contribution >= 0.6 is 11.6 Å². The third-order valence-electron chi connectivity index (χ3n) is 3.94. The van der Waals surface area contributed by atoms with Crippen molar-refractivity contribution >= 4 is 23.2 Å². The van der Waals surface area contributed by atoms with Crippen molar-refractivity contribution in [3.63, 3.8) is 0 Å². The first-order chi connectivity index (χ1) is 12.1. The summed E-state index contributed by atoms with van der Waals surface area (Å²) >= 11 is 5.99. The van der Waals surface area contributed by atoms with Gasteiger partial charge in [-0.15, -0.1) is 0 Å². The van der Waals surface area contributed by atoms with E-state index in [1.54, 1.807) is 10.7 Å². The van der Waals surface area contributed by atoms with Crippen LogP contribution in [0.15, 0.2) is 66.9 Å². The van der Waals surface area contributed by atoms with Crippen LogP contribution in [-0.2, 0) is 0 Å². The molecule has 122 valence electrons. The first-order valence-electron chi connectivity index (χ1n) is 7.57. The van der Waals surface area contributed by atoms with Crippen LogP contribution < -0.4 is 0 Å². The second-order valence-electron chi connectivity index (χ2n) is 5.49. The van der Waals surface area contributed by atoms with E-state index in [1.165, 1.54) is 6.07 Å². The molecule has 4 aromatic rings. The molecule has 0 aliphatic rings. The van der Waals surface area contributed by atoms with Crippen molar-refractivity contribution in [1.82, 2.24) is 14.6 Å². The Bertz CT molecular complexity index is 1090. The van der Waals surface area contributed by atoms with Crippen LogP contribution in [0.3, 0.4) is 0 Å². The highest BCUT2D eigenvalue weighted by Gasteiger charge is 2.15. The normalized spacial score (nSPS) is 10.9. The van der Waals surface area contributed by atoms with E-state index in [2.05, 4.69) is 10.1 Å². The maximum atomic E-state index is 11.2. The van der Waals surface area contributed by atoms with Crippen LogP contribution in [0.2, 0.25) is 5.02 Å². The van der Waals surface area contributed by atoms with Gasteiger partial charge < -0.3 is 5.11 Å². The molecule has 6 heteroatoms. The maximum absolute atomic E-state index is 11.2. The standard InChI is InChI=1S/C19H12ClN3O2/c20-13-7-5-12(6-8-13)14-3-1-2-4-15(14)17-9-10-21-18-11-16(19(24)25)22-23(17)18/h1-11H,(H,24,25). The van der Waals surface area contributed by atoms with Crippen molar-refractivity contribution < 1.29 is 9.90 Å². The zero-order valence-electron chi connectivity index (χ0n) is 12.9. The summed E-state index contributed by atoms with van der Waals surface area (Å²) in [5, 5.41) is 14.0. The van der Waals surface area contributed by atoms with E-state index < -0.39 is 5.97 Å². The lowest BCUT2D eigenvalue weighted by molar-refractivity contribution is 0.0690. The molecule has 0 radical (unpaired) electrons. The minimum atomic E-state index is -1.08. The summed E-state index contributed by atoms with van der Waals surface area (Å²) in [6.45, 7) is 0. The Morgan fingerprint density at radius 2 is 1.72 bits per heavy atom. The summed E-state index contributed by atoms with van der Waals surface area (Å²) in [5.74, 6) is -1.08. The van der Waals surface area contributed by atoms with E-state index in [4.69, 9.17) is 11.6 Å². The fourth-order valence-electron chi connectivity index (χ4n) is 2.79. The van der Waals surface area contributed by atoms with E-state index in [0.29, 0.717) is 10.7 Å². The molecular formula is C19H12ClN3O2. The fourth-order valence-corrected chi connectivity index (χ4v) is 2.92. The molecule has 0 fully saturated rings. The summed E-state index contributed by atoms with van der Waals surface area (Å²) < 4.78 is 1.55. The molecule has 4 rings (SSSR count). The molecule has 0 aliphatic carbocycles. The number of nitrogens with zero attached hydrogens (tertiary/aromatic N) is 3. The number of carboxylic acids is 1. The van der Waals surface area contributed by atoms with Gasteiger partial charge in [-0.3, -0.25) is 0 Å². The predicted octanol–water partition coefficient (Wildman–Crippen LogP) is 4.41. The minimum Gasteiger partial charge on any atom is -0.476 e. The van der Waals surface area contributed by atoms with Crippen LogP contribution in [0.5, 0.6) is 0 Å². The second-order valence-corrected chi connectivity index (χ2v) is 5.92. The number of benzene rings is 2. The Morgan fingerprint density at radius 1 is 1.00 bits per heavy atom. The van der Waals surface area contributed by atoms with E-state index in [1.807, 2.05) is 54.6 Å². The summed E-state index contributed by atoms with van der Waals surface area (Å²) in [4.78, 5) is 15.4. The van der Waals surface area contributed by atoms with Crippen molar-refractivity contribution in [2.75, 3.05) is 0 Å². The first-order valence-corrected chi connectivity index (χ1v) is 7.95. The Labute approximate surface area is 148 Å². The molecule has 2 aromatic carbocycles. The quantitative estimate of drug-likeness (QED) is 0.594. The summed E-state index contributed by atoms with van der Waals surface area (Å²) in [5.41, 5.74) is 4.15. The molecular weight excluding hydrogens is 338 g/mol. The third kappa shape index (κ3) is 2.75. The molecule has 0 amide bonds. The molecule has 1 N–H and O–H groups in total. The van der Waals surface area contributed by atoms with Crippen LogP contribution in [-0.4, -0.2) is 25.7 Å². The van der Waals surface area contributed by atoms with Crippen molar-refractivity contribution in [3.8, 4) is 22.4 Å². The molecule has 0 unspecified atom stereocenters. The first kappa shape index (κ1) is 15.4. The average Bonchev–Trinajstić information content (AvgIpc) is 3.07. The lowest BCUT2D eigenvalue weighted by Crippen LogP contribution is -2.00. The van der Waals surface area contributed by atoms with E-state index in [-0.39, 0.29) is 5.69 Å². The second kappa shape index (κ2) is 6.03. The smallest absolute Gasteiger partial charge is 0.356 e. The summed E-state index contributed by atoms with van der Waals surface area (Å²) in [6.07, 6.45) is 1.65. The number of halogens is 1. The van der Waals surface area contributed by atoms with Gasteiger partial charge in [-0.05, 0) is 29.3 Å². The number of hydrogen-bond acceptors (Lipinski definition) is 3. The number of carboxylic acid groups (broad SMARTS) is 1. The summed E-state index contributed by atoms with van der Waals surface area (Å²) in [7, 11) is 0. The third-order valence-corrected chi connectivity index (χ3v) is 4.19. The molecule has 0 saturated carbocycles. The van der Waals surface area contributed by atoms with Crippen molar-refractivity contribution in [1.29, 1.82) is 0 Å². The zero-order chi connectivity index (χ0) is 17.4. The zero-order valence-corrected chi connectivity index (χ0v) is 13.7. The predicted molar refractivity (Wildman–Crippen MR) is 95.8 cm³/mol. The SMILES string of the molecule is O=C(O)c1cc2nccc(-c3ccccc3-c3ccc(Cl)cc3)n2n1. The molecule has 0 saturated heterocycles. The Balaban J connectivity index is 1.95. The molecule has 0 bridgehead atoms. The van der Waals surface area contributed by atoms with Gasteiger partial charge in [-0.1, -0.05) is 48.0 Å². The van der Waals surface area contributed by atoms with Crippen LogP contribution in [0.4, 0.5) is 0 Å². The Morgan fingerprint density at radius 3 is 2.44 bits per heavy atom. The van der Waals surface area contributed by atoms with Crippen molar-refractivity contribution in [2.45, 2.75) is 0 Å². The molecule has 5 nitrogen and oxygen atoms in total. The van der Waals surface area contributed by atoms with Gasteiger partial charge in [0, 0.05) is 22.8 Å². The molecule has 0 aliphatic heterocycles. The van der Waals surface area contributed by atoms with Crippen LogP contribution in [0, 0.1) is 0 Å². The summed E-state index contributed by atoms with van der Waals surface area (Å²) in [6, 6.07) is 18.7. The number of fused-ring (bicyclic) bond motifs is 1. The molecule has 25 heavy (non-hydrogen) atoms. The van der Waals surface area contributed by atoms with Gasteiger partial charge in [0.2, 0.25) is 0 Å². The average molecular weight is 350 g/mol. The Hall–Kier alpha value is -3.18. The van der Waals surface area contributed by atoms with E-state index in [9.17, 15) is 9.90 Å². The van der Waals surface area contributed by atoms with Crippen molar-refractivity contribution in [3.05, 3.63) is 77.6 Å². The number of hydrogen-bond donors (Lipinski definition) is 1. The van der Waals surface area contributed by atoms with E-state index >= 15 is 0 Å². The van der Waals surface area contributed by atoms with E-state index in [0.717, 1.165) is 22.4 Å². The fraction of sp³-hybridized carbons (Fsp3) is 0. The van der Waals surface area contributed by atoms with Gasteiger partial charge in [0.05, 0.1) is 5.69 Å². The number of carbonyl (C=O) groups is 1. The van der Waals surface area contributed by atoms with Gasteiger partial charge in [0.15, 0.2) is 11.3 Å². The van der Waals surface area contributed by atoms with Crippen molar-refractivity contribution in [2.24, 2.45) is 0 Å². The molecule has 2 heterocycles. The largest absolute Gasteiger partial charge is 0.476 e. The number of aromatic carboxylic acids is 1. The van der Waals surface area contributed by atoms with Gasteiger partial charge in [-0.2, -0.15) is 5.10 Å².